The zero-order chi connectivity index (χ0) is 24.2. The van der Waals surface area contributed by atoms with E-state index >= 15 is 0 Å². The van der Waals surface area contributed by atoms with E-state index in [2.05, 4.69) is 15.8 Å². The molecule has 0 unspecified atom stereocenters. The van der Waals surface area contributed by atoms with Crippen LogP contribution in [0.1, 0.15) is 30.9 Å². The largest absolute Gasteiger partial charge is 0.490 e. The van der Waals surface area contributed by atoms with Crippen molar-refractivity contribution in [3.05, 3.63) is 89.7 Å². The minimum Gasteiger partial charge on any atom is -0.490 e. The highest BCUT2D eigenvalue weighted by Crippen LogP contribution is 2.28. The third kappa shape index (κ3) is 8.05. The number of nitrogens with zero attached hydrogens (tertiary/aromatic N) is 1. The van der Waals surface area contributed by atoms with Gasteiger partial charge in [-0.05, 0) is 60.5 Å². The van der Waals surface area contributed by atoms with Crippen molar-refractivity contribution in [2.24, 2.45) is 5.10 Å². The monoisotopic (exact) mass is 463 g/mol. The molecule has 0 aliphatic carbocycles. The maximum Gasteiger partial charge on any atom is 0.240 e. The second-order valence-corrected chi connectivity index (χ2v) is 7.26. The van der Waals surface area contributed by atoms with Gasteiger partial charge in [-0.1, -0.05) is 30.3 Å². The highest BCUT2D eigenvalue weighted by atomic mass is 19.1. The quantitative estimate of drug-likeness (QED) is 0.319. The Hall–Kier alpha value is -4.20. The van der Waals surface area contributed by atoms with Crippen LogP contribution in [0, 0.1) is 5.82 Å². The Kier molecular flexibility index (Phi) is 9.16. The van der Waals surface area contributed by atoms with Gasteiger partial charge in [0.05, 0.1) is 12.8 Å². The van der Waals surface area contributed by atoms with Crippen LogP contribution < -0.4 is 20.2 Å². The molecule has 0 bridgehead atoms. The van der Waals surface area contributed by atoms with E-state index in [1.54, 1.807) is 18.2 Å². The molecule has 0 aliphatic heterocycles. The molecule has 0 saturated heterocycles. The van der Waals surface area contributed by atoms with Crippen LogP contribution in [0.2, 0.25) is 0 Å². The third-order valence-electron chi connectivity index (χ3n) is 4.61. The molecule has 2 amide bonds. The molecular weight excluding hydrogens is 437 g/mol. The molecule has 0 atom stereocenters. The van der Waals surface area contributed by atoms with Crippen molar-refractivity contribution < 1.29 is 23.5 Å². The molecule has 3 aromatic rings. The van der Waals surface area contributed by atoms with Gasteiger partial charge in [-0.2, -0.15) is 5.10 Å². The van der Waals surface area contributed by atoms with Gasteiger partial charge in [0.15, 0.2) is 11.5 Å². The summed E-state index contributed by atoms with van der Waals surface area (Å²) in [4.78, 5) is 23.9. The summed E-state index contributed by atoms with van der Waals surface area (Å²) in [5.41, 5.74) is 4.62. The van der Waals surface area contributed by atoms with Crippen molar-refractivity contribution in [1.29, 1.82) is 0 Å². The van der Waals surface area contributed by atoms with Gasteiger partial charge in [0, 0.05) is 18.5 Å². The van der Waals surface area contributed by atoms with Crippen molar-refractivity contribution in [2.45, 2.75) is 26.4 Å². The molecule has 0 saturated carbocycles. The SMILES string of the molecule is CCOc1cc(C=NNC(=O)CCC(=O)Nc2ccc(F)cc2)ccc1OCc1ccccc1. The third-order valence-corrected chi connectivity index (χ3v) is 4.61. The molecule has 176 valence electrons. The highest BCUT2D eigenvalue weighted by Gasteiger charge is 2.08. The van der Waals surface area contributed by atoms with Crippen LogP contribution in [0.4, 0.5) is 10.1 Å². The number of halogens is 1. The molecular formula is C26H26FN3O4. The number of benzene rings is 3. The molecule has 0 radical (unpaired) electrons. The molecule has 0 aliphatic rings. The number of rotatable bonds is 11. The van der Waals surface area contributed by atoms with E-state index in [4.69, 9.17) is 9.47 Å². The summed E-state index contributed by atoms with van der Waals surface area (Å²) in [6.07, 6.45) is 1.42. The van der Waals surface area contributed by atoms with Gasteiger partial charge in [0.1, 0.15) is 12.4 Å². The first-order valence-electron chi connectivity index (χ1n) is 10.8. The Labute approximate surface area is 197 Å². The smallest absolute Gasteiger partial charge is 0.240 e. The van der Waals surface area contributed by atoms with Crippen molar-refractivity contribution in [3.8, 4) is 11.5 Å². The van der Waals surface area contributed by atoms with Crippen molar-refractivity contribution in [3.63, 3.8) is 0 Å². The summed E-state index contributed by atoms with van der Waals surface area (Å²) in [7, 11) is 0. The summed E-state index contributed by atoms with van der Waals surface area (Å²) in [5, 5.41) is 6.54. The van der Waals surface area contributed by atoms with E-state index in [1.807, 2.05) is 37.3 Å². The summed E-state index contributed by atoms with van der Waals surface area (Å²) in [6.45, 7) is 2.77. The van der Waals surface area contributed by atoms with Gasteiger partial charge in [-0.25, -0.2) is 9.82 Å². The molecule has 3 aromatic carbocycles. The molecule has 2 N–H and O–H groups in total. The standard InChI is InChI=1S/C26H26FN3O4/c1-2-33-24-16-20(8-13-23(24)34-18-19-6-4-3-5-7-19)17-28-30-26(32)15-14-25(31)29-22-11-9-21(27)10-12-22/h3-13,16-17H,2,14-15,18H2,1H3,(H,29,31)(H,30,32). The van der Waals surface area contributed by atoms with Gasteiger partial charge in [-0.3, -0.25) is 9.59 Å². The Balaban J connectivity index is 1.47. The van der Waals surface area contributed by atoms with Gasteiger partial charge in [0.25, 0.3) is 0 Å². The van der Waals surface area contributed by atoms with E-state index in [9.17, 15) is 14.0 Å². The van der Waals surface area contributed by atoms with Gasteiger partial charge >= 0.3 is 0 Å². The lowest BCUT2D eigenvalue weighted by Crippen LogP contribution is -2.20. The number of hydrogen-bond acceptors (Lipinski definition) is 5. The Morgan fingerprint density at radius 1 is 0.912 bits per heavy atom. The maximum absolute atomic E-state index is 12.9. The van der Waals surface area contributed by atoms with Crippen LogP contribution in [0.5, 0.6) is 11.5 Å². The van der Waals surface area contributed by atoms with Crippen LogP contribution >= 0.6 is 0 Å². The van der Waals surface area contributed by atoms with E-state index in [1.165, 1.54) is 30.5 Å². The Bertz CT molecular complexity index is 1120. The van der Waals surface area contributed by atoms with Crippen LogP contribution in [0.15, 0.2) is 77.9 Å². The summed E-state index contributed by atoms with van der Waals surface area (Å²) in [5.74, 6) is 0.0414. The maximum atomic E-state index is 12.9. The molecule has 3 rings (SSSR count). The predicted octanol–water partition coefficient (Wildman–Crippen LogP) is 4.67. The average Bonchev–Trinajstić information content (AvgIpc) is 2.84. The topological polar surface area (TPSA) is 89.0 Å². The predicted molar refractivity (Wildman–Crippen MR) is 128 cm³/mol. The number of anilines is 1. The number of amides is 2. The molecule has 34 heavy (non-hydrogen) atoms. The molecule has 8 heteroatoms. The first-order valence-corrected chi connectivity index (χ1v) is 10.8. The number of nitrogens with one attached hydrogen (secondary N) is 2. The van der Waals surface area contributed by atoms with Crippen molar-refractivity contribution >= 4 is 23.7 Å². The van der Waals surface area contributed by atoms with E-state index < -0.39 is 11.7 Å². The molecule has 0 spiro atoms. The van der Waals surface area contributed by atoms with Gasteiger partial charge in [-0.15, -0.1) is 0 Å². The summed E-state index contributed by atoms with van der Waals surface area (Å²) in [6, 6.07) is 20.6. The lowest BCUT2D eigenvalue weighted by atomic mass is 10.2. The van der Waals surface area contributed by atoms with Gasteiger partial charge in [0.2, 0.25) is 11.8 Å². The van der Waals surface area contributed by atoms with E-state index in [0.29, 0.717) is 36.0 Å². The number of hydrogen-bond donors (Lipinski definition) is 2. The lowest BCUT2D eigenvalue weighted by Gasteiger charge is -2.12. The van der Waals surface area contributed by atoms with Gasteiger partial charge < -0.3 is 14.8 Å². The normalized spacial score (nSPS) is 10.6. The molecule has 0 heterocycles. The average molecular weight is 464 g/mol. The Morgan fingerprint density at radius 2 is 1.65 bits per heavy atom. The fourth-order valence-electron chi connectivity index (χ4n) is 2.95. The molecule has 7 nitrogen and oxygen atoms in total. The number of hydrazone groups is 1. The fourth-order valence-corrected chi connectivity index (χ4v) is 2.95. The van der Waals surface area contributed by atoms with Crippen LogP contribution in [0.25, 0.3) is 0 Å². The second kappa shape index (κ2) is 12.7. The highest BCUT2D eigenvalue weighted by molar-refractivity contribution is 5.93. The zero-order valence-electron chi connectivity index (χ0n) is 18.8. The first kappa shape index (κ1) is 24.4. The summed E-state index contributed by atoms with van der Waals surface area (Å²) < 4.78 is 24.5. The number of carbonyl (C=O) groups is 2. The fraction of sp³-hybridized carbons (Fsp3) is 0.192. The summed E-state index contributed by atoms with van der Waals surface area (Å²) >= 11 is 0. The van der Waals surface area contributed by atoms with Crippen LogP contribution in [0.3, 0.4) is 0 Å². The molecule has 0 fully saturated rings. The van der Waals surface area contributed by atoms with Crippen LogP contribution in [-0.2, 0) is 16.2 Å². The van der Waals surface area contributed by atoms with Crippen molar-refractivity contribution in [2.75, 3.05) is 11.9 Å². The second-order valence-electron chi connectivity index (χ2n) is 7.26. The zero-order valence-corrected chi connectivity index (χ0v) is 18.8. The van der Waals surface area contributed by atoms with E-state index in [0.717, 1.165) is 5.56 Å². The van der Waals surface area contributed by atoms with Crippen molar-refractivity contribution in [1.82, 2.24) is 5.43 Å². The number of ether oxygens (including phenoxy) is 2. The van der Waals surface area contributed by atoms with Crippen LogP contribution in [-0.4, -0.2) is 24.6 Å². The number of carbonyl (C=O) groups excluding carboxylic acids is 2. The lowest BCUT2D eigenvalue weighted by molar-refractivity contribution is -0.124. The minimum atomic E-state index is -0.404. The minimum absolute atomic E-state index is 0.0271. The van der Waals surface area contributed by atoms with E-state index in [-0.39, 0.29) is 18.7 Å². The first-order chi connectivity index (χ1) is 16.5. The molecule has 0 aromatic heterocycles. The Morgan fingerprint density at radius 3 is 2.38 bits per heavy atom.